The molecule has 0 spiro atoms. The summed E-state index contributed by atoms with van der Waals surface area (Å²) in [5.74, 6) is 0. The molecule has 0 aromatic carbocycles. The second-order valence-corrected chi connectivity index (χ2v) is 31.5. The molecule has 1 saturated heterocycles. The predicted molar refractivity (Wildman–Crippen MR) is 63.5 cm³/mol. The molecule has 0 saturated carbocycles. The van der Waals surface area contributed by atoms with Crippen LogP contribution in [0.5, 0.6) is 0 Å². The Hall–Kier alpha value is 1.19. The van der Waals surface area contributed by atoms with Crippen LogP contribution in [0.2, 0.25) is 32.2 Å². The average Bonchev–Trinajstić information content (AvgIpc) is 1.82. The summed E-state index contributed by atoms with van der Waals surface area (Å²) in [6.07, 6.45) is 0. The molecule has 1 heterocycles. The van der Waals surface area contributed by atoms with Gasteiger partial charge in [0.25, 0.3) is 7.87 Å². The quantitative estimate of drug-likeness (QED) is 0.369. The van der Waals surface area contributed by atoms with Gasteiger partial charge in [-0.1, -0.05) is 37.8 Å². The fraction of sp³-hybridized carbons (Fsp3) is 1.00. The van der Waals surface area contributed by atoms with E-state index in [9.17, 15) is 0 Å². The second kappa shape index (κ2) is 3.40. The molecule has 0 radical (unpaired) electrons. The highest BCUT2D eigenvalue weighted by Crippen LogP contribution is 2.35. The van der Waals surface area contributed by atoms with Gasteiger partial charge in [0.1, 0.15) is 5.56 Å². The van der Waals surface area contributed by atoms with Crippen molar-refractivity contribution >= 4 is 45.2 Å². The number of rotatable bonds is 0. The maximum Gasteiger partial charge on any atom is 0.257 e. The van der Waals surface area contributed by atoms with Crippen molar-refractivity contribution in [1.29, 1.82) is 0 Å². The molecule has 1 aliphatic rings. The van der Waals surface area contributed by atoms with Crippen molar-refractivity contribution in [2.45, 2.75) is 37.8 Å². The van der Waals surface area contributed by atoms with Crippen LogP contribution < -0.4 is 0 Å². The second-order valence-electron chi connectivity index (χ2n) is 4.67. The van der Waals surface area contributed by atoms with E-state index >= 15 is 0 Å². The third kappa shape index (κ3) is 1.83. The van der Waals surface area contributed by atoms with Gasteiger partial charge in [-0.05, 0) is 6.04 Å². The summed E-state index contributed by atoms with van der Waals surface area (Å²) in [5.41, 5.74) is -0.0821. The van der Waals surface area contributed by atoms with Gasteiger partial charge in [0.15, 0.2) is 0 Å². The average molecular weight is 259 g/mol. The molecule has 12 heavy (non-hydrogen) atoms. The first-order valence-electron chi connectivity index (χ1n) is 4.21. The lowest BCUT2D eigenvalue weighted by Crippen LogP contribution is -2.68. The van der Waals surface area contributed by atoms with Crippen LogP contribution in [0.4, 0.5) is 0 Å². The molecule has 0 aromatic heterocycles. The van der Waals surface area contributed by atoms with Crippen molar-refractivity contribution in [3.05, 3.63) is 0 Å². The van der Waals surface area contributed by atoms with Gasteiger partial charge < -0.3 is 4.43 Å². The standard InChI is InChI=1S/C6H16Cl2OSi3/c1-11(2)5-6(7)9-10(8)12(11,3)4/h6,10H,5H2,1-4H3. The van der Waals surface area contributed by atoms with Gasteiger partial charge in [0, 0.05) is 7.59 Å². The zero-order chi connectivity index (χ0) is 9.57. The topological polar surface area (TPSA) is 9.23 Å². The Kier molecular flexibility index (Phi) is 3.19. The van der Waals surface area contributed by atoms with E-state index in [0.717, 1.165) is 6.04 Å². The van der Waals surface area contributed by atoms with Gasteiger partial charge in [-0.3, -0.25) is 0 Å². The van der Waals surface area contributed by atoms with Gasteiger partial charge in [-0.2, -0.15) is 0 Å². The number of halogens is 2. The molecule has 0 aromatic rings. The monoisotopic (exact) mass is 258 g/mol. The van der Waals surface area contributed by atoms with Crippen molar-refractivity contribution in [2.75, 3.05) is 0 Å². The van der Waals surface area contributed by atoms with Crippen LogP contribution in [0.1, 0.15) is 0 Å². The summed E-state index contributed by atoms with van der Waals surface area (Å²) in [7, 11) is -3.80. The van der Waals surface area contributed by atoms with Crippen molar-refractivity contribution in [1.82, 2.24) is 0 Å². The minimum atomic E-state index is -1.45. The Balaban J connectivity index is 2.86. The van der Waals surface area contributed by atoms with Crippen LogP contribution in [-0.2, 0) is 4.43 Å². The summed E-state index contributed by atoms with van der Waals surface area (Å²) in [5, 5.41) is 0. The van der Waals surface area contributed by atoms with Gasteiger partial charge in [0.05, 0.1) is 7.11 Å². The van der Waals surface area contributed by atoms with Crippen LogP contribution in [0.3, 0.4) is 0 Å². The van der Waals surface area contributed by atoms with E-state index in [1.54, 1.807) is 0 Å². The van der Waals surface area contributed by atoms with Crippen molar-refractivity contribution in [3.63, 3.8) is 0 Å². The largest absolute Gasteiger partial charge is 0.392 e. The Morgan fingerprint density at radius 2 is 1.83 bits per heavy atom. The first kappa shape index (κ1) is 11.3. The molecule has 1 rings (SSSR count). The Labute approximate surface area is 87.4 Å². The van der Waals surface area contributed by atoms with Crippen LogP contribution >= 0.6 is 22.7 Å². The molecule has 0 N–H and O–H groups in total. The first-order chi connectivity index (χ1) is 5.27. The van der Waals surface area contributed by atoms with E-state index in [0.29, 0.717) is 0 Å². The highest BCUT2D eigenvalue weighted by atomic mass is 35.6. The predicted octanol–water partition coefficient (Wildman–Crippen LogP) is 2.61. The summed E-state index contributed by atoms with van der Waals surface area (Å²) in [4.78, 5) is 0. The van der Waals surface area contributed by atoms with Gasteiger partial charge in [0.2, 0.25) is 0 Å². The molecule has 0 bridgehead atoms. The van der Waals surface area contributed by atoms with Crippen LogP contribution in [-0.4, -0.2) is 28.1 Å². The third-order valence-corrected chi connectivity index (χ3v) is 41.7. The molecule has 2 atom stereocenters. The zero-order valence-corrected chi connectivity index (χ0v) is 12.7. The minimum absolute atomic E-state index is 0.0821. The normalized spacial score (nSPS) is 39.5. The summed E-state index contributed by atoms with van der Waals surface area (Å²) < 4.78 is 5.60. The highest BCUT2D eigenvalue weighted by Gasteiger charge is 2.53. The highest BCUT2D eigenvalue weighted by molar-refractivity contribution is 7.71. The Morgan fingerprint density at radius 1 is 1.33 bits per heavy atom. The van der Waals surface area contributed by atoms with Crippen molar-refractivity contribution < 1.29 is 4.43 Å². The van der Waals surface area contributed by atoms with E-state index in [1.165, 1.54) is 0 Å². The zero-order valence-electron chi connectivity index (χ0n) is 8.03. The van der Waals surface area contributed by atoms with Crippen LogP contribution in [0.15, 0.2) is 0 Å². The number of hydrogen-bond acceptors (Lipinski definition) is 1. The molecule has 0 aliphatic carbocycles. The van der Waals surface area contributed by atoms with E-state index < -0.39 is 22.6 Å². The van der Waals surface area contributed by atoms with Crippen molar-refractivity contribution in [3.8, 4) is 0 Å². The molecule has 72 valence electrons. The first-order valence-corrected chi connectivity index (χ1v) is 15.9. The minimum Gasteiger partial charge on any atom is -0.392 e. The van der Waals surface area contributed by atoms with E-state index in [2.05, 4.69) is 26.2 Å². The van der Waals surface area contributed by atoms with E-state index in [-0.39, 0.29) is 5.56 Å². The maximum atomic E-state index is 6.32. The molecule has 1 nitrogen and oxygen atoms in total. The third-order valence-electron chi connectivity index (χ3n) is 3.25. The molecule has 6 heteroatoms. The molecule has 0 amide bonds. The van der Waals surface area contributed by atoms with Crippen LogP contribution in [0, 0.1) is 0 Å². The van der Waals surface area contributed by atoms with Crippen LogP contribution in [0.25, 0.3) is 0 Å². The lowest BCUT2D eigenvalue weighted by molar-refractivity contribution is 0.316. The fourth-order valence-corrected chi connectivity index (χ4v) is 27.6. The van der Waals surface area contributed by atoms with E-state index in [4.69, 9.17) is 27.1 Å². The molecular formula is C6H16Cl2OSi3. The molecule has 2 unspecified atom stereocenters. The van der Waals surface area contributed by atoms with E-state index in [1.807, 2.05) is 0 Å². The summed E-state index contributed by atoms with van der Waals surface area (Å²) in [6, 6.07) is 1.09. The smallest absolute Gasteiger partial charge is 0.257 e. The Morgan fingerprint density at radius 3 is 2.25 bits per heavy atom. The number of alkyl halides is 1. The number of hydrogen-bond donors (Lipinski definition) is 0. The molecule has 1 aliphatic heterocycles. The lowest BCUT2D eigenvalue weighted by Gasteiger charge is -2.46. The maximum absolute atomic E-state index is 6.32. The summed E-state index contributed by atoms with van der Waals surface area (Å²) in [6.45, 7) is 9.59. The summed E-state index contributed by atoms with van der Waals surface area (Å²) >= 11 is 12.3. The lowest BCUT2D eigenvalue weighted by atomic mass is 10.9. The van der Waals surface area contributed by atoms with Gasteiger partial charge in [-0.25, -0.2) is 0 Å². The van der Waals surface area contributed by atoms with Crippen molar-refractivity contribution in [2.24, 2.45) is 0 Å². The molecule has 1 fully saturated rings. The van der Waals surface area contributed by atoms with Gasteiger partial charge in [-0.15, -0.1) is 11.1 Å². The fourth-order valence-electron chi connectivity index (χ4n) is 1.32. The molecular weight excluding hydrogens is 243 g/mol. The SMILES string of the molecule is C[Si]1(C)CC(Cl)O[SiH](Cl)[Si]1(C)C. The Bertz CT molecular complexity index is 186. The van der Waals surface area contributed by atoms with Gasteiger partial charge >= 0.3 is 0 Å².